The summed E-state index contributed by atoms with van der Waals surface area (Å²) in [5.41, 5.74) is 5.23. The van der Waals surface area contributed by atoms with E-state index in [1.807, 2.05) is 32.0 Å². The number of hydrogen-bond acceptors (Lipinski definition) is 5. The van der Waals surface area contributed by atoms with E-state index in [2.05, 4.69) is 20.6 Å². The molecule has 28 heavy (non-hydrogen) atoms. The molecule has 0 fully saturated rings. The number of rotatable bonds is 6. The molecule has 0 saturated heterocycles. The maximum Gasteiger partial charge on any atom is 0.251 e. The molecule has 3 aromatic rings. The van der Waals surface area contributed by atoms with E-state index in [9.17, 15) is 9.59 Å². The predicted octanol–water partition coefficient (Wildman–Crippen LogP) is 2.76. The first kappa shape index (κ1) is 19.4. The van der Waals surface area contributed by atoms with E-state index in [4.69, 9.17) is 4.74 Å². The maximum absolute atomic E-state index is 12.5. The summed E-state index contributed by atoms with van der Waals surface area (Å²) >= 11 is 0. The molecule has 0 aliphatic rings. The molecular weight excluding hydrogens is 356 g/mol. The van der Waals surface area contributed by atoms with Crippen LogP contribution in [-0.4, -0.2) is 35.5 Å². The van der Waals surface area contributed by atoms with Crippen LogP contribution in [0.25, 0.3) is 11.0 Å². The third-order valence-corrected chi connectivity index (χ3v) is 4.28. The molecule has 0 aliphatic heterocycles. The highest BCUT2D eigenvalue weighted by molar-refractivity contribution is 5.97. The Kier molecular flexibility index (Phi) is 5.96. The highest BCUT2D eigenvalue weighted by atomic mass is 16.5. The van der Waals surface area contributed by atoms with Crippen LogP contribution in [-0.2, 0) is 16.1 Å². The fraction of sp³-hybridized carbons (Fsp3) is 0.238. The Hall–Kier alpha value is -3.32. The first-order chi connectivity index (χ1) is 13.5. The topological polar surface area (TPSA) is 93.2 Å². The average Bonchev–Trinajstić information content (AvgIpc) is 2.67. The van der Waals surface area contributed by atoms with Gasteiger partial charge in [0.15, 0.2) is 0 Å². The van der Waals surface area contributed by atoms with E-state index in [0.29, 0.717) is 23.3 Å². The monoisotopic (exact) mass is 378 g/mol. The third-order valence-electron chi connectivity index (χ3n) is 4.28. The summed E-state index contributed by atoms with van der Waals surface area (Å²) in [6.07, 6.45) is 0. The number of methoxy groups -OCH3 is 1. The van der Waals surface area contributed by atoms with Crippen molar-refractivity contribution in [1.82, 2.24) is 15.3 Å². The molecule has 0 saturated carbocycles. The molecule has 1 aromatic heterocycles. The number of nitrogens with zero attached hydrogens (tertiary/aromatic N) is 2. The molecule has 7 heteroatoms. The van der Waals surface area contributed by atoms with E-state index in [0.717, 1.165) is 22.5 Å². The molecule has 0 bridgehead atoms. The van der Waals surface area contributed by atoms with Crippen LogP contribution in [0.2, 0.25) is 0 Å². The van der Waals surface area contributed by atoms with Crippen molar-refractivity contribution in [2.75, 3.05) is 19.0 Å². The van der Waals surface area contributed by atoms with Gasteiger partial charge in [-0.15, -0.1) is 0 Å². The molecular formula is C21H22N4O3. The summed E-state index contributed by atoms with van der Waals surface area (Å²) in [5.74, 6) is -0.428. The summed E-state index contributed by atoms with van der Waals surface area (Å²) in [4.78, 5) is 33.1. The van der Waals surface area contributed by atoms with Gasteiger partial charge < -0.3 is 15.4 Å². The van der Waals surface area contributed by atoms with Crippen molar-refractivity contribution in [3.8, 4) is 0 Å². The summed E-state index contributed by atoms with van der Waals surface area (Å²) in [7, 11) is 1.46. The molecule has 0 aliphatic carbocycles. The lowest BCUT2D eigenvalue weighted by Crippen LogP contribution is -2.23. The summed E-state index contributed by atoms with van der Waals surface area (Å²) < 4.78 is 4.80. The lowest BCUT2D eigenvalue weighted by molar-refractivity contribution is -0.119. The highest BCUT2D eigenvalue weighted by Gasteiger charge is 2.09. The molecule has 7 nitrogen and oxygen atoms in total. The van der Waals surface area contributed by atoms with Crippen LogP contribution in [0.1, 0.15) is 27.3 Å². The molecule has 0 radical (unpaired) electrons. The zero-order chi connectivity index (χ0) is 20.1. The first-order valence-corrected chi connectivity index (χ1v) is 8.87. The van der Waals surface area contributed by atoms with Crippen molar-refractivity contribution >= 4 is 28.5 Å². The Balaban J connectivity index is 1.68. The van der Waals surface area contributed by atoms with Crippen molar-refractivity contribution in [3.63, 3.8) is 0 Å². The Morgan fingerprint density at radius 2 is 1.75 bits per heavy atom. The van der Waals surface area contributed by atoms with E-state index in [1.165, 1.54) is 7.11 Å². The SMILES string of the molecule is COCC(=O)Nc1cccc(CNC(=O)c2ccc3nc(C)c(C)nc3c2)c1. The van der Waals surface area contributed by atoms with Crippen molar-refractivity contribution in [1.29, 1.82) is 0 Å². The molecule has 0 unspecified atom stereocenters. The number of nitrogens with one attached hydrogen (secondary N) is 2. The van der Waals surface area contributed by atoms with Crippen molar-refractivity contribution < 1.29 is 14.3 Å². The molecule has 0 atom stereocenters. The van der Waals surface area contributed by atoms with Crippen LogP contribution in [0.4, 0.5) is 5.69 Å². The lowest BCUT2D eigenvalue weighted by Gasteiger charge is -2.09. The van der Waals surface area contributed by atoms with Gasteiger partial charge in [-0.3, -0.25) is 9.59 Å². The largest absolute Gasteiger partial charge is 0.375 e. The number of anilines is 1. The summed E-state index contributed by atoms with van der Waals surface area (Å²) in [6.45, 7) is 4.13. The van der Waals surface area contributed by atoms with Gasteiger partial charge in [0.2, 0.25) is 5.91 Å². The minimum absolute atomic E-state index is 0.00911. The van der Waals surface area contributed by atoms with Gasteiger partial charge in [0.25, 0.3) is 5.91 Å². The zero-order valence-electron chi connectivity index (χ0n) is 16.1. The average molecular weight is 378 g/mol. The molecule has 1 heterocycles. The van der Waals surface area contributed by atoms with Crippen LogP contribution in [0.3, 0.4) is 0 Å². The summed E-state index contributed by atoms with van der Waals surface area (Å²) in [5, 5.41) is 5.63. The number of carbonyl (C=O) groups is 2. The fourth-order valence-electron chi connectivity index (χ4n) is 2.74. The number of aryl methyl sites for hydroxylation is 2. The lowest BCUT2D eigenvalue weighted by atomic mass is 10.1. The van der Waals surface area contributed by atoms with Gasteiger partial charge in [-0.25, -0.2) is 9.97 Å². The van der Waals surface area contributed by atoms with E-state index >= 15 is 0 Å². The number of hydrogen-bond donors (Lipinski definition) is 2. The highest BCUT2D eigenvalue weighted by Crippen LogP contribution is 2.15. The van der Waals surface area contributed by atoms with Crippen LogP contribution < -0.4 is 10.6 Å². The maximum atomic E-state index is 12.5. The Labute approximate surface area is 163 Å². The van der Waals surface area contributed by atoms with E-state index in [1.54, 1.807) is 24.3 Å². The first-order valence-electron chi connectivity index (χ1n) is 8.87. The van der Waals surface area contributed by atoms with Gasteiger partial charge in [0, 0.05) is 24.9 Å². The molecule has 2 amide bonds. The van der Waals surface area contributed by atoms with Crippen molar-refractivity contribution in [3.05, 3.63) is 65.0 Å². The van der Waals surface area contributed by atoms with Crippen LogP contribution in [0.5, 0.6) is 0 Å². The molecule has 3 rings (SSSR count). The number of carbonyl (C=O) groups excluding carboxylic acids is 2. The number of aromatic nitrogens is 2. The Bertz CT molecular complexity index is 1030. The number of amides is 2. The number of ether oxygens (including phenoxy) is 1. The smallest absolute Gasteiger partial charge is 0.251 e. The normalized spacial score (nSPS) is 10.7. The standard InChI is InChI=1S/C21H22N4O3/c1-13-14(2)24-19-10-16(7-8-18(19)23-13)21(27)22-11-15-5-4-6-17(9-15)25-20(26)12-28-3/h4-10H,11-12H2,1-3H3,(H,22,27)(H,25,26). The second kappa shape index (κ2) is 8.58. The molecule has 144 valence electrons. The van der Waals surface area contributed by atoms with Crippen molar-refractivity contribution in [2.24, 2.45) is 0 Å². The Morgan fingerprint density at radius 1 is 1.00 bits per heavy atom. The van der Waals surface area contributed by atoms with Crippen molar-refractivity contribution in [2.45, 2.75) is 20.4 Å². The molecule has 0 spiro atoms. The van der Waals surface area contributed by atoms with Gasteiger partial charge >= 0.3 is 0 Å². The van der Waals surface area contributed by atoms with Gasteiger partial charge in [0.1, 0.15) is 6.61 Å². The van der Waals surface area contributed by atoms with Gasteiger partial charge in [-0.2, -0.15) is 0 Å². The Morgan fingerprint density at radius 3 is 2.50 bits per heavy atom. The molecule has 2 N–H and O–H groups in total. The quantitative estimate of drug-likeness (QED) is 0.688. The van der Waals surface area contributed by atoms with Gasteiger partial charge in [-0.05, 0) is 49.7 Å². The van der Waals surface area contributed by atoms with E-state index in [-0.39, 0.29) is 18.4 Å². The van der Waals surface area contributed by atoms with Crippen LogP contribution >= 0.6 is 0 Å². The predicted molar refractivity (Wildman–Crippen MR) is 107 cm³/mol. The number of benzene rings is 2. The zero-order valence-corrected chi connectivity index (χ0v) is 16.1. The van der Waals surface area contributed by atoms with E-state index < -0.39 is 0 Å². The second-order valence-electron chi connectivity index (χ2n) is 6.46. The minimum Gasteiger partial charge on any atom is -0.375 e. The fourth-order valence-corrected chi connectivity index (χ4v) is 2.74. The number of fused-ring (bicyclic) bond motifs is 1. The third kappa shape index (κ3) is 4.69. The minimum atomic E-state index is -0.230. The van der Waals surface area contributed by atoms with Gasteiger partial charge in [0.05, 0.1) is 22.4 Å². The van der Waals surface area contributed by atoms with Crippen LogP contribution in [0, 0.1) is 13.8 Å². The summed E-state index contributed by atoms with van der Waals surface area (Å²) in [6, 6.07) is 12.6. The molecule has 2 aromatic carbocycles. The van der Waals surface area contributed by atoms with Gasteiger partial charge in [-0.1, -0.05) is 12.1 Å². The van der Waals surface area contributed by atoms with Crippen LogP contribution in [0.15, 0.2) is 42.5 Å². The second-order valence-corrected chi connectivity index (χ2v) is 6.46.